The van der Waals surface area contributed by atoms with Gasteiger partial charge in [0.05, 0.1) is 0 Å². The third-order valence-corrected chi connectivity index (χ3v) is 1.74. The predicted octanol–water partition coefficient (Wildman–Crippen LogP) is 1.32. The van der Waals surface area contributed by atoms with Gasteiger partial charge >= 0.3 is 0 Å². The van der Waals surface area contributed by atoms with E-state index in [0.717, 1.165) is 12.2 Å². The Morgan fingerprint density at radius 2 is 2.27 bits per heavy atom. The molecule has 1 heterocycles. The van der Waals surface area contributed by atoms with Gasteiger partial charge in [-0.05, 0) is 12.8 Å². The molecule has 62 valence electrons. The predicted molar refractivity (Wildman–Crippen MR) is 44.8 cm³/mol. The van der Waals surface area contributed by atoms with E-state index in [1.165, 1.54) is 0 Å². The van der Waals surface area contributed by atoms with Gasteiger partial charge in [0.2, 0.25) is 0 Å². The Morgan fingerprint density at radius 1 is 1.64 bits per heavy atom. The first-order valence-corrected chi connectivity index (χ1v) is 3.95. The van der Waals surface area contributed by atoms with Crippen molar-refractivity contribution in [2.24, 2.45) is 0 Å². The van der Waals surface area contributed by atoms with E-state index in [2.05, 4.69) is 18.9 Å². The summed E-state index contributed by atoms with van der Waals surface area (Å²) in [6.07, 6.45) is 0. The van der Waals surface area contributed by atoms with E-state index in [1.54, 1.807) is 6.07 Å². The zero-order chi connectivity index (χ0) is 8.43. The van der Waals surface area contributed by atoms with Gasteiger partial charge in [-0.25, -0.2) is 0 Å². The maximum absolute atomic E-state index is 10.9. The van der Waals surface area contributed by atoms with Gasteiger partial charge in [0.15, 0.2) is 0 Å². The minimum absolute atomic E-state index is 0.00412. The van der Waals surface area contributed by atoms with Crippen LogP contribution in [0, 0.1) is 0 Å². The second-order valence-electron chi connectivity index (χ2n) is 2.94. The Hall–Kier alpha value is -0.990. The highest BCUT2D eigenvalue weighted by molar-refractivity contribution is 5.05. The van der Waals surface area contributed by atoms with Gasteiger partial charge in [-0.15, -0.1) is 0 Å². The van der Waals surface area contributed by atoms with Gasteiger partial charge in [-0.1, -0.05) is 13.8 Å². The molecule has 1 aromatic heterocycles. The van der Waals surface area contributed by atoms with Gasteiger partial charge in [-0.3, -0.25) is 14.6 Å². The van der Waals surface area contributed by atoms with Crippen LogP contribution >= 0.6 is 0 Å². The minimum Gasteiger partial charge on any atom is -0.289 e. The van der Waals surface area contributed by atoms with E-state index in [0.29, 0.717) is 5.92 Å². The fraction of sp³-hybridized carbons (Fsp3) is 0.625. The SMILES string of the molecule is CCn1[nH]c(=O)cc1C(C)C. The van der Waals surface area contributed by atoms with Crippen molar-refractivity contribution in [3.8, 4) is 0 Å². The number of aromatic nitrogens is 2. The van der Waals surface area contributed by atoms with Crippen molar-refractivity contribution in [3.63, 3.8) is 0 Å². The van der Waals surface area contributed by atoms with Gasteiger partial charge in [-0.2, -0.15) is 0 Å². The maximum Gasteiger partial charge on any atom is 0.264 e. The zero-order valence-corrected chi connectivity index (χ0v) is 7.22. The molecule has 1 rings (SSSR count). The number of hydrogen-bond donors (Lipinski definition) is 1. The minimum atomic E-state index is -0.00412. The Kier molecular flexibility index (Phi) is 2.17. The number of aryl methyl sites for hydroxylation is 1. The third kappa shape index (κ3) is 1.53. The Morgan fingerprint density at radius 3 is 2.64 bits per heavy atom. The molecule has 1 N–H and O–H groups in total. The monoisotopic (exact) mass is 154 g/mol. The van der Waals surface area contributed by atoms with Crippen LogP contribution in [0.5, 0.6) is 0 Å². The van der Waals surface area contributed by atoms with Crippen LogP contribution in [0.4, 0.5) is 0 Å². The molecule has 0 aliphatic heterocycles. The molecule has 0 spiro atoms. The zero-order valence-electron chi connectivity index (χ0n) is 7.22. The standard InChI is InChI=1S/C8H14N2O/c1-4-10-7(6(2)3)5-8(11)9-10/h5-6H,4H2,1-3H3,(H,9,11). The molecule has 3 heteroatoms. The lowest BCUT2D eigenvalue weighted by atomic mass is 10.1. The van der Waals surface area contributed by atoms with Gasteiger partial charge in [0, 0.05) is 18.3 Å². The van der Waals surface area contributed by atoms with Crippen molar-refractivity contribution in [1.29, 1.82) is 0 Å². The van der Waals surface area contributed by atoms with Crippen LogP contribution in [0.3, 0.4) is 0 Å². The van der Waals surface area contributed by atoms with Crippen LogP contribution in [0.25, 0.3) is 0 Å². The van der Waals surface area contributed by atoms with Crippen LogP contribution < -0.4 is 5.56 Å². The first-order chi connectivity index (χ1) is 5.15. The van der Waals surface area contributed by atoms with Gasteiger partial charge in [0.1, 0.15) is 0 Å². The summed E-state index contributed by atoms with van der Waals surface area (Å²) in [5.74, 6) is 0.411. The molecular formula is C8H14N2O. The molecule has 11 heavy (non-hydrogen) atoms. The number of rotatable bonds is 2. The molecule has 0 aromatic carbocycles. The average molecular weight is 154 g/mol. The van der Waals surface area contributed by atoms with Crippen molar-refractivity contribution in [2.45, 2.75) is 33.2 Å². The van der Waals surface area contributed by atoms with Crippen molar-refractivity contribution in [2.75, 3.05) is 0 Å². The largest absolute Gasteiger partial charge is 0.289 e. The Labute approximate surface area is 66.0 Å². The molecule has 1 aromatic rings. The number of H-pyrrole nitrogens is 1. The molecule has 0 amide bonds. The summed E-state index contributed by atoms with van der Waals surface area (Å²) in [7, 11) is 0. The number of aromatic amines is 1. The molecule has 0 saturated carbocycles. The fourth-order valence-electron chi connectivity index (χ4n) is 1.18. The molecule has 0 aliphatic carbocycles. The van der Waals surface area contributed by atoms with Crippen LogP contribution in [-0.2, 0) is 6.54 Å². The van der Waals surface area contributed by atoms with Crippen molar-refractivity contribution in [3.05, 3.63) is 22.1 Å². The van der Waals surface area contributed by atoms with E-state index >= 15 is 0 Å². The summed E-state index contributed by atoms with van der Waals surface area (Å²) in [5, 5.41) is 2.74. The van der Waals surface area contributed by atoms with Crippen molar-refractivity contribution in [1.82, 2.24) is 9.78 Å². The van der Waals surface area contributed by atoms with E-state index in [-0.39, 0.29) is 5.56 Å². The molecule has 0 radical (unpaired) electrons. The summed E-state index contributed by atoms with van der Waals surface area (Å²) in [6, 6.07) is 1.66. The quantitative estimate of drug-likeness (QED) is 0.685. The fourth-order valence-corrected chi connectivity index (χ4v) is 1.18. The Bertz CT molecular complexity index is 283. The molecule has 0 saturated heterocycles. The lowest BCUT2D eigenvalue weighted by Gasteiger charge is -2.07. The second kappa shape index (κ2) is 2.95. The number of nitrogens with zero attached hydrogens (tertiary/aromatic N) is 1. The van der Waals surface area contributed by atoms with E-state index in [9.17, 15) is 4.79 Å². The highest BCUT2D eigenvalue weighted by Crippen LogP contribution is 2.10. The summed E-state index contributed by atoms with van der Waals surface area (Å²) in [5.41, 5.74) is 1.08. The first kappa shape index (κ1) is 8.11. The van der Waals surface area contributed by atoms with Crippen LogP contribution in [-0.4, -0.2) is 9.78 Å². The molecule has 0 fully saturated rings. The molecular weight excluding hydrogens is 140 g/mol. The van der Waals surface area contributed by atoms with Crippen LogP contribution in [0.2, 0.25) is 0 Å². The third-order valence-electron chi connectivity index (χ3n) is 1.74. The topological polar surface area (TPSA) is 37.8 Å². The molecule has 0 bridgehead atoms. The van der Waals surface area contributed by atoms with Gasteiger partial charge < -0.3 is 0 Å². The van der Waals surface area contributed by atoms with Gasteiger partial charge in [0.25, 0.3) is 5.56 Å². The first-order valence-electron chi connectivity index (χ1n) is 3.95. The Balaban J connectivity index is 3.12. The molecule has 3 nitrogen and oxygen atoms in total. The van der Waals surface area contributed by atoms with Crippen molar-refractivity contribution >= 4 is 0 Å². The average Bonchev–Trinajstić information content (AvgIpc) is 2.30. The molecule has 0 aliphatic rings. The highest BCUT2D eigenvalue weighted by Gasteiger charge is 2.05. The summed E-state index contributed by atoms with van der Waals surface area (Å²) < 4.78 is 1.88. The highest BCUT2D eigenvalue weighted by atomic mass is 16.1. The van der Waals surface area contributed by atoms with E-state index < -0.39 is 0 Å². The summed E-state index contributed by atoms with van der Waals surface area (Å²) >= 11 is 0. The number of hydrogen-bond acceptors (Lipinski definition) is 1. The lowest BCUT2D eigenvalue weighted by molar-refractivity contribution is 0.594. The van der Waals surface area contributed by atoms with Crippen LogP contribution in [0.1, 0.15) is 32.4 Å². The van der Waals surface area contributed by atoms with Crippen LogP contribution in [0.15, 0.2) is 10.9 Å². The smallest absolute Gasteiger partial charge is 0.264 e. The van der Waals surface area contributed by atoms with E-state index in [1.807, 2.05) is 11.6 Å². The molecule has 0 atom stereocenters. The molecule has 0 unspecified atom stereocenters. The second-order valence-corrected chi connectivity index (χ2v) is 2.94. The van der Waals surface area contributed by atoms with Crippen molar-refractivity contribution < 1.29 is 0 Å². The lowest BCUT2D eigenvalue weighted by Crippen LogP contribution is -2.06. The maximum atomic E-state index is 10.9. The summed E-state index contributed by atoms with van der Waals surface area (Å²) in [6.45, 7) is 7.00. The van der Waals surface area contributed by atoms with E-state index in [4.69, 9.17) is 0 Å². The normalized spacial score (nSPS) is 10.9. The summed E-state index contributed by atoms with van der Waals surface area (Å²) in [4.78, 5) is 10.9. The number of nitrogens with one attached hydrogen (secondary N) is 1.